The Hall–Kier alpha value is -1.31. The Bertz CT molecular complexity index is 670. The Labute approximate surface area is 185 Å². The minimum atomic E-state index is 0. The SMILES string of the molecule is CCNC(=NCc1ccc(N2CCCC2=O)cc1)NCC(C1CC1)C1CC1.I. The number of anilines is 1. The van der Waals surface area contributed by atoms with Crippen molar-refractivity contribution in [3.8, 4) is 0 Å². The molecule has 2 N–H and O–H groups in total. The molecule has 3 aliphatic rings. The lowest BCUT2D eigenvalue weighted by molar-refractivity contribution is -0.117. The van der Waals surface area contributed by atoms with Gasteiger partial charge in [-0.05, 0) is 74.5 Å². The molecule has 4 rings (SSSR count). The summed E-state index contributed by atoms with van der Waals surface area (Å²) in [4.78, 5) is 18.5. The van der Waals surface area contributed by atoms with Crippen molar-refractivity contribution in [2.75, 3.05) is 24.5 Å². The maximum absolute atomic E-state index is 11.9. The smallest absolute Gasteiger partial charge is 0.227 e. The molecular formula is C22H33IN4O. The summed E-state index contributed by atoms with van der Waals surface area (Å²) in [5, 5.41) is 6.96. The monoisotopic (exact) mass is 496 g/mol. The fourth-order valence-corrected chi connectivity index (χ4v) is 4.20. The van der Waals surface area contributed by atoms with Gasteiger partial charge in [-0.2, -0.15) is 0 Å². The van der Waals surface area contributed by atoms with Gasteiger partial charge in [0.25, 0.3) is 0 Å². The van der Waals surface area contributed by atoms with Crippen LogP contribution in [0, 0.1) is 17.8 Å². The molecule has 1 aliphatic heterocycles. The highest BCUT2D eigenvalue weighted by Crippen LogP contribution is 2.48. The minimum absolute atomic E-state index is 0. The van der Waals surface area contributed by atoms with Crippen molar-refractivity contribution in [3.05, 3.63) is 29.8 Å². The first-order valence-corrected chi connectivity index (χ1v) is 10.7. The van der Waals surface area contributed by atoms with Crippen LogP contribution in [0.3, 0.4) is 0 Å². The lowest BCUT2D eigenvalue weighted by atomic mass is 9.98. The quantitative estimate of drug-likeness (QED) is 0.326. The maximum Gasteiger partial charge on any atom is 0.227 e. The zero-order valence-corrected chi connectivity index (χ0v) is 19.2. The van der Waals surface area contributed by atoms with Gasteiger partial charge in [0.2, 0.25) is 5.91 Å². The summed E-state index contributed by atoms with van der Waals surface area (Å²) >= 11 is 0. The average molecular weight is 496 g/mol. The zero-order valence-electron chi connectivity index (χ0n) is 16.8. The Morgan fingerprint density at radius 2 is 1.82 bits per heavy atom. The van der Waals surface area contributed by atoms with E-state index in [9.17, 15) is 4.79 Å². The summed E-state index contributed by atoms with van der Waals surface area (Å²) in [6, 6.07) is 8.27. The third kappa shape index (κ3) is 5.61. The largest absolute Gasteiger partial charge is 0.357 e. The van der Waals surface area contributed by atoms with Gasteiger partial charge in [-0.1, -0.05) is 12.1 Å². The predicted octanol–water partition coefficient (Wildman–Crippen LogP) is 3.92. The van der Waals surface area contributed by atoms with Crippen molar-refractivity contribution in [3.63, 3.8) is 0 Å². The van der Waals surface area contributed by atoms with Crippen LogP contribution in [0.15, 0.2) is 29.3 Å². The molecule has 0 atom stereocenters. The molecule has 28 heavy (non-hydrogen) atoms. The van der Waals surface area contributed by atoms with Crippen LogP contribution in [0.1, 0.15) is 51.0 Å². The molecule has 0 radical (unpaired) electrons. The number of hydrogen-bond acceptors (Lipinski definition) is 2. The summed E-state index contributed by atoms with van der Waals surface area (Å²) in [7, 11) is 0. The highest BCUT2D eigenvalue weighted by molar-refractivity contribution is 14.0. The molecule has 154 valence electrons. The summed E-state index contributed by atoms with van der Waals surface area (Å²) < 4.78 is 0. The fourth-order valence-electron chi connectivity index (χ4n) is 4.20. The number of carbonyl (C=O) groups is 1. The van der Waals surface area contributed by atoms with Crippen molar-refractivity contribution in [1.29, 1.82) is 0 Å². The molecule has 6 heteroatoms. The van der Waals surface area contributed by atoms with Crippen LogP contribution in [0.2, 0.25) is 0 Å². The highest BCUT2D eigenvalue weighted by Gasteiger charge is 2.41. The third-order valence-electron chi connectivity index (χ3n) is 6.05. The molecule has 1 aromatic rings. The second kappa shape index (κ2) is 9.94. The van der Waals surface area contributed by atoms with Crippen LogP contribution < -0.4 is 15.5 Å². The number of nitrogens with one attached hydrogen (secondary N) is 2. The first-order chi connectivity index (χ1) is 13.2. The first kappa shape index (κ1) is 21.4. The van der Waals surface area contributed by atoms with E-state index < -0.39 is 0 Å². The summed E-state index contributed by atoms with van der Waals surface area (Å²) in [5.41, 5.74) is 2.18. The fraction of sp³-hybridized carbons (Fsp3) is 0.636. The van der Waals surface area contributed by atoms with Gasteiger partial charge in [-0.3, -0.25) is 4.79 Å². The molecule has 1 aromatic carbocycles. The first-order valence-electron chi connectivity index (χ1n) is 10.7. The van der Waals surface area contributed by atoms with E-state index in [1.54, 1.807) is 0 Å². The van der Waals surface area contributed by atoms with E-state index >= 15 is 0 Å². The molecule has 0 aromatic heterocycles. The third-order valence-corrected chi connectivity index (χ3v) is 6.05. The number of aliphatic imine (C=N–C) groups is 1. The number of carbonyl (C=O) groups excluding carboxylic acids is 1. The van der Waals surface area contributed by atoms with Crippen LogP contribution in [-0.4, -0.2) is 31.5 Å². The van der Waals surface area contributed by atoms with Gasteiger partial charge >= 0.3 is 0 Å². The van der Waals surface area contributed by atoms with Crippen molar-refractivity contribution in [1.82, 2.24) is 10.6 Å². The molecule has 5 nitrogen and oxygen atoms in total. The molecule has 1 amide bonds. The van der Waals surface area contributed by atoms with Crippen molar-refractivity contribution >= 4 is 41.5 Å². The Kier molecular flexibility index (Phi) is 7.60. The number of guanidine groups is 1. The number of nitrogens with zero attached hydrogens (tertiary/aromatic N) is 2. The predicted molar refractivity (Wildman–Crippen MR) is 125 cm³/mol. The van der Waals surface area contributed by atoms with Gasteiger partial charge in [-0.25, -0.2) is 4.99 Å². The summed E-state index contributed by atoms with van der Waals surface area (Å²) in [6.45, 7) is 5.53. The van der Waals surface area contributed by atoms with E-state index in [1.165, 1.54) is 31.2 Å². The standard InChI is InChI=1S/C22H32N4O.HI/c1-2-23-22(25-15-20(17-7-8-17)18-9-10-18)24-14-16-5-11-19(12-6-16)26-13-3-4-21(26)27;/h5-6,11-12,17-18,20H,2-4,7-10,13-15H2,1H3,(H2,23,24,25);1H. The molecule has 1 heterocycles. The van der Waals surface area contributed by atoms with Gasteiger partial charge in [0.15, 0.2) is 5.96 Å². The van der Waals surface area contributed by atoms with E-state index in [0.717, 1.165) is 55.5 Å². The van der Waals surface area contributed by atoms with Gasteiger partial charge in [-0.15, -0.1) is 24.0 Å². The number of benzene rings is 1. The molecule has 2 aliphatic carbocycles. The normalized spacial score (nSPS) is 19.7. The number of hydrogen-bond donors (Lipinski definition) is 2. The molecule has 0 bridgehead atoms. The lowest BCUT2D eigenvalue weighted by Gasteiger charge is -2.19. The highest BCUT2D eigenvalue weighted by atomic mass is 127. The molecular weight excluding hydrogens is 463 g/mol. The summed E-state index contributed by atoms with van der Waals surface area (Å²) in [6.07, 6.45) is 7.31. The molecule has 2 saturated carbocycles. The van der Waals surface area contributed by atoms with Crippen LogP contribution in [0.5, 0.6) is 0 Å². The van der Waals surface area contributed by atoms with Crippen LogP contribution in [0.4, 0.5) is 5.69 Å². The molecule has 1 saturated heterocycles. The van der Waals surface area contributed by atoms with E-state index in [1.807, 2.05) is 17.0 Å². The summed E-state index contributed by atoms with van der Waals surface area (Å²) in [5.74, 6) is 3.90. The van der Waals surface area contributed by atoms with Gasteiger partial charge in [0, 0.05) is 31.7 Å². The van der Waals surface area contributed by atoms with E-state index in [4.69, 9.17) is 4.99 Å². The van der Waals surface area contributed by atoms with Gasteiger partial charge in [0.1, 0.15) is 0 Å². The molecule has 3 fully saturated rings. The molecule has 0 spiro atoms. The van der Waals surface area contributed by atoms with Crippen LogP contribution in [0.25, 0.3) is 0 Å². The van der Waals surface area contributed by atoms with Crippen molar-refractivity contribution in [2.24, 2.45) is 22.7 Å². The van der Waals surface area contributed by atoms with Gasteiger partial charge < -0.3 is 15.5 Å². The number of rotatable bonds is 8. The Morgan fingerprint density at radius 3 is 2.36 bits per heavy atom. The lowest BCUT2D eigenvalue weighted by Crippen LogP contribution is -2.40. The minimum Gasteiger partial charge on any atom is -0.357 e. The van der Waals surface area contributed by atoms with E-state index in [-0.39, 0.29) is 29.9 Å². The van der Waals surface area contributed by atoms with E-state index in [2.05, 4.69) is 29.7 Å². The molecule has 0 unspecified atom stereocenters. The van der Waals surface area contributed by atoms with Gasteiger partial charge in [0.05, 0.1) is 6.54 Å². The maximum atomic E-state index is 11.9. The Balaban J connectivity index is 0.00000225. The zero-order chi connectivity index (χ0) is 18.6. The second-order valence-corrected chi connectivity index (χ2v) is 8.23. The Morgan fingerprint density at radius 1 is 1.14 bits per heavy atom. The van der Waals surface area contributed by atoms with Crippen LogP contribution >= 0.6 is 24.0 Å². The second-order valence-electron chi connectivity index (χ2n) is 8.23. The number of amides is 1. The van der Waals surface area contributed by atoms with E-state index in [0.29, 0.717) is 13.0 Å². The average Bonchev–Trinajstić information content (AvgIpc) is 3.60. The van der Waals surface area contributed by atoms with Crippen molar-refractivity contribution in [2.45, 2.75) is 52.0 Å². The number of halogens is 1. The van der Waals surface area contributed by atoms with Crippen molar-refractivity contribution < 1.29 is 4.79 Å². The topological polar surface area (TPSA) is 56.7 Å². The van der Waals surface area contributed by atoms with Crippen LogP contribution in [-0.2, 0) is 11.3 Å².